The quantitative estimate of drug-likeness (QED) is 0.540. The molecule has 2 heterocycles. The highest BCUT2D eigenvalue weighted by Crippen LogP contribution is 2.30. The van der Waals surface area contributed by atoms with Crippen molar-refractivity contribution >= 4 is 29.0 Å². The van der Waals surface area contributed by atoms with Crippen molar-refractivity contribution in [2.75, 3.05) is 11.9 Å². The number of aromatic hydroxyl groups is 1. The molecule has 0 unspecified atom stereocenters. The van der Waals surface area contributed by atoms with Gasteiger partial charge in [0.1, 0.15) is 11.6 Å². The lowest BCUT2D eigenvalue weighted by Crippen LogP contribution is -2.27. The van der Waals surface area contributed by atoms with Gasteiger partial charge in [-0.1, -0.05) is 11.6 Å². The smallest absolute Gasteiger partial charge is 0.280 e. The van der Waals surface area contributed by atoms with Crippen molar-refractivity contribution < 1.29 is 19.0 Å². The maximum absolute atomic E-state index is 13.3. The summed E-state index contributed by atoms with van der Waals surface area (Å²) >= 11 is 5.92. The monoisotopic (exact) mass is 412 g/mol. The molecule has 4 rings (SSSR count). The molecule has 0 spiro atoms. The fraction of sp³-hybridized carbons (Fsp3) is 0.0500. The minimum Gasteiger partial charge on any atom is -0.494 e. The highest BCUT2D eigenvalue weighted by Gasteiger charge is 2.27. The lowest BCUT2D eigenvalue weighted by molar-refractivity contribution is 0.0984. The third kappa shape index (κ3) is 3.57. The zero-order chi connectivity index (χ0) is 20.5. The molecule has 146 valence electrons. The number of hydrogen-bond acceptors (Lipinski definition) is 5. The molecule has 7 nitrogen and oxygen atoms in total. The first-order valence-electron chi connectivity index (χ1n) is 8.47. The van der Waals surface area contributed by atoms with Gasteiger partial charge in [-0.2, -0.15) is 4.98 Å². The summed E-state index contributed by atoms with van der Waals surface area (Å²) in [7, 11) is 1.57. The number of imidazole rings is 1. The highest BCUT2D eigenvalue weighted by atomic mass is 35.5. The maximum Gasteiger partial charge on any atom is 0.280 e. The summed E-state index contributed by atoms with van der Waals surface area (Å²) < 4.78 is 20.1. The molecule has 0 aliphatic rings. The molecular weight excluding hydrogens is 399 g/mol. The predicted octanol–water partition coefficient (Wildman–Crippen LogP) is 4.30. The van der Waals surface area contributed by atoms with Gasteiger partial charge in [-0.05, 0) is 48.5 Å². The van der Waals surface area contributed by atoms with Crippen LogP contribution in [0.15, 0.2) is 60.8 Å². The number of nitrogens with zero attached hydrogens (tertiary/aromatic N) is 4. The van der Waals surface area contributed by atoms with E-state index in [1.54, 1.807) is 31.3 Å². The van der Waals surface area contributed by atoms with Crippen LogP contribution in [0.5, 0.6) is 17.5 Å². The van der Waals surface area contributed by atoms with Crippen LogP contribution < -0.4 is 9.64 Å². The fourth-order valence-electron chi connectivity index (χ4n) is 2.75. The lowest BCUT2D eigenvalue weighted by Gasteiger charge is -2.18. The van der Waals surface area contributed by atoms with Crippen LogP contribution in [0.25, 0.3) is 5.78 Å². The van der Waals surface area contributed by atoms with E-state index in [1.165, 1.54) is 45.8 Å². The van der Waals surface area contributed by atoms with Crippen molar-refractivity contribution in [3.63, 3.8) is 0 Å². The van der Waals surface area contributed by atoms with Crippen LogP contribution in [0, 0.1) is 5.82 Å². The summed E-state index contributed by atoms with van der Waals surface area (Å²) in [6, 6.07) is 13.3. The third-order valence-corrected chi connectivity index (χ3v) is 4.47. The molecule has 0 saturated heterocycles. The Morgan fingerprint density at radius 3 is 2.52 bits per heavy atom. The van der Waals surface area contributed by atoms with Crippen molar-refractivity contribution in [2.24, 2.45) is 0 Å². The van der Waals surface area contributed by atoms with Gasteiger partial charge in [0.05, 0.1) is 0 Å². The normalized spacial score (nSPS) is 10.9. The Labute approximate surface area is 169 Å². The zero-order valence-corrected chi connectivity index (χ0v) is 15.8. The van der Waals surface area contributed by atoms with Gasteiger partial charge >= 0.3 is 0 Å². The van der Waals surface area contributed by atoms with Crippen molar-refractivity contribution in [3.8, 4) is 17.5 Å². The Morgan fingerprint density at radius 2 is 1.83 bits per heavy atom. The number of ether oxygens (including phenoxy) is 1. The summed E-state index contributed by atoms with van der Waals surface area (Å²) in [5.74, 6) is -0.876. The van der Waals surface area contributed by atoms with Crippen molar-refractivity contribution in [1.29, 1.82) is 0 Å². The average molecular weight is 413 g/mol. The molecule has 1 amide bonds. The van der Waals surface area contributed by atoms with Crippen molar-refractivity contribution in [3.05, 3.63) is 77.3 Å². The van der Waals surface area contributed by atoms with E-state index < -0.39 is 11.7 Å². The van der Waals surface area contributed by atoms with Gasteiger partial charge in [-0.15, -0.1) is 0 Å². The van der Waals surface area contributed by atoms with E-state index >= 15 is 0 Å². The molecule has 0 bridgehead atoms. The Kier molecular flexibility index (Phi) is 4.77. The molecule has 0 saturated carbocycles. The maximum atomic E-state index is 13.3. The Hall–Kier alpha value is -3.65. The molecular formula is C20H14ClFN4O3. The highest BCUT2D eigenvalue weighted by molar-refractivity contribution is 6.30. The zero-order valence-electron chi connectivity index (χ0n) is 15.1. The first kappa shape index (κ1) is 18.7. The number of carbonyl (C=O) groups excluding carboxylic acids is 1. The van der Waals surface area contributed by atoms with Crippen LogP contribution in [0.2, 0.25) is 5.02 Å². The summed E-state index contributed by atoms with van der Waals surface area (Å²) in [5, 5.41) is 10.8. The number of fused-ring (bicyclic) bond motifs is 1. The summed E-state index contributed by atoms with van der Waals surface area (Å²) in [6.07, 6.45) is 1.36. The second kappa shape index (κ2) is 7.40. The summed E-state index contributed by atoms with van der Waals surface area (Å²) in [6.45, 7) is 0. The predicted molar refractivity (Wildman–Crippen MR) is 105 cm³/mol. The molecule has 0 aliphatic heterocycles. The largest absolute Gasteiger partial charge is 0.494 e. The molecule has 0 fully saturated rings. The van der Waals surface area contributed by atoms with E-state index in [0.29, 0.717) is 10.7 Å². The standard InChI is InChI=1S/C20H14ClFN4O3/c1-25(14-6-2-12(21)3-7-14)19(28)17-18(29-15-8-4-13(22)5-9-15)24-20-23-11-10-16(27)26(17)20/h2-11,27H,1H3. The molecule has 9 heteroatoms. The molecule has 1 N–H and O–H groups in total. The van der Waals surface area contributed by atoms with E-state index in [1.807, 2.05) is 0 Å². The first-order valence-corrected chi connectivity index (χ1v) is 8.85. The first-order chi connectivity index (χ1) is 13.9. The summed E-state index contributed by atoms with van der Waals surface area (Å²) in [4.78, 5) is 22.9. The van der Waals surface area contributed by atoms with Crippen LogP contribution >= 0.6 is 11.6 Å². The number of hydrogen-bond donors (Lipinski definition) is 1. The third-order valence-electron chi connectivity index (χ3n) is 4.22. The number of anilines is 1. The molecule has 2 aromatic carbocycles. The van der Waals surface area contributed by atoms with Crippen LogP contribution in [0.1, 0.15) is 10.5 Å². The number of rotatable bonds is 4. The summed E-state index contributed by atoms with van der Waals surface area (Å²) in [5.41, 5.74) is 0.540. The number of halogens is 2. The molecule has 29 heavy (non-hydrogen) atoms. The van der Waals surface area contributed by atoms with Gasteiger partial charge in [0.2, 0.25) is 5.78 Å². The fourth-order valence-corrected chi connectivity index (χ4v) is 2.88. The van der Waals surface area contributed by atoms with E-state index in [9.17, 15) is 14.3 Å². The number of carbonyl (C=O) groups is 1. The number of benzene rings is 2. The molecule has 0 aliphatic carbocycles. The molecule has 0 radical (unpaired) electrons. The van der Waals surface area contributed by atoms with E-state index in [4.69, 9.17) is 16.3 Å². The van der Waals surface area contributed by atoms with Crippen LogP contribution in [-0.4, -0.2) is 32.4 Å². The van der Waals surface area contributed by atoms with Gasteiger partial charge in [-0.3, -0.25) is 4.79 Å². The van der Waals surface area contributed by atoms with Crippen molar-refractivity contribution in [1.82, 2.24) is 14.4 Å². The average Bonchev–Trinajstić information content (AvgIpc) is 3.08. The van der Waals surface area contributed by atoms with Gasteiger partial charge in [-0.25, -0.2) is 13.8 Å². The molecule has 2 aromatic heterocycles. The Morgan fingerprint density at radius 1 is 1.14 bits per heavy atom. The topological polar surface area (TPSA) is 80.0 Å². The Bertz CT molecular complexity index is 1190. The number of aromatic nitrogens is 3. The van der Waals surface area contributed by atoms with Crippen LogP contribution in [0.3, 0.4) is 0 Å². The number of amides is 1. The second-order valence-electron chi connectivity index (χ2n) is 6.10. The lowest BCUT2D eigenvalue weighted by atomic mass is 10.2. The molecule has 0 atom stereocenters. The minimum absolute atomic E-state index is 0.0348. The minimum atomic E-state index is -0.500. The van der Waals surface area contributed by atoms with Gasteiger partial charge in [0, 0.05) is 30.0 Å². The van der Waals surface area contributed by atoms with Gasteiger partial charge < -0.3 is 14.7 Å². The van der Waals surface area contributed by atoms with Crippen LogP contribution in [-0.2, 0) is 0 Å². The van der Waals surface area contributed by atoms with Crippen molar-refractivity contribution in [2.45, 2.75) is 0 Å². The van der Waals surface area contributed by atoms with Gasteiger partial charge in [0.25, 0.3) is 11.8 Å². The Balaban J connectivity index is 1.81. The van der Waals surface area contributed by atoms with E-state index in [2.05, 4.69) is 9.97 Å². The molecule has 4 aromatic rings. The van der Waals surface area contributed by atoms with Gasteiger partial charge in [0.15, 0.2) is 11.6 Å². The SMILES string of the molecule is CN(C(=O)c1c(Oc2ccc(F)cc2)nc2nccc(O)n12)c1ccc(Cl)cc1. The second-order valence-corrected chi connectivity index (χ2v) is 6.54. The van der Waals surface area contributed by atoms with Crippen LogP contribution in [0.4, 0.5) is 10.1 Å². The van der Waals surface area contributed by atoms with E-state index in [-0.39, 0.29) is 29.0 Å². The van der Waals surface area contributed by atoms with E-state index in [0.717, 1.165) is 0 Å².